The second-order valence-electron chi connectivity index (χ2n) is 22.2. The summed E-state index contributed by atoms with van der Waals surface area (Å²) in [5.41, 5.74) is 9.30. The molecule has 0 bridgehead atoms. The third-order valence-electron chi connectivity index (χ3n) is 12.5. The number of rotatable bonds is 8. The number of hydrogen-bond donors (Lipinski definition) is 0. The Morgan fingerprint density at radius 1 is 0.256 bits per heavy atom. The van der Waals surface area contributed by atoms with Gasteiger partial charge in [-0.25, -0.2) is 35.1 Å². The highest BCUT2D eigenvalue weighted by Crippen LogP contribution is 2.23. The van der Waals surface area contributed by atoms with Gasteiger partial charge in [-0.2, -0.15) is 0 Å². The summed E-state index contributed by atoms with van der Waals surface area (Å²) in [6.07, 6.45) is 0. The van der Waals surface area contributed by atoms with Crippen LogP contribution in [0.3, 0.4) is 0 Å². The molecule has 0 radical (unpaired) electrons. The van der Waals surface area contributed by atoms with Crippen LogP contribution in [0.25, 0.3) is 0 Å². The van der Waals surface area contributed by atoms with Gasteiger partial charge in [0.05, 0.1) is 0 Å². The highest BCUT2D eigenvalue weighted by Gasteiger charge is 2.10. The molecule has 82 heavy (non-hydrogen) atoms. The van der Waals surface area contributed by atoms with Crippen molar-refractivity contribution >= 4 is 11.6 Å². The van der Waals surface area contributed by atoms with E-state index in [2.05, 4.69) is 131 Å². The van der Waals surface area contributed by atoms with Crippen molar-refractivity contribution in [1.82, 2.24) is 0 Å². The van der Waals surface area contributed by atoms with Crippen molar-refractivity contribution in [2.75, 3.05) is 0 Å². The van der Waals surface area contributed by atoms with E-state index in [1.54, 1.807) is 18.2 Å². The summed E-state index contributed by atoms with van der Waals surface area (Å²) in [6.45, 7) is 34.7. The SMILES string of the molecule is CC(C)c1cc(F)cc(F)c1.CC(C)c1cc(F)ccc1F.CC(C)c1ccc(F)cc1.CC(C)c1cccc(Cl)c1.CC(C)c1cccc(F)c1.CC(C)c1cccc(F)c1F.CC(C)c1ccccc1.Cc1cccc(C(C)C)c1. The van der Waals surface area contributed by atoms with Gasteiger partial charge in [-0.05, 0) is 172 Å². The van der Waals surface area contributed by atoms with E-state index in [0.717, 1.165) is 34.9 Å². The Labute approximate surface area is 493 Å². The topological polar surface area (TPSA) is 0 Å². The zero-order valence-electron chi connectivity index (χ0n) is 51.3. The fourth-order valence-corrected chi connectivity index (χ4v) is 7.48. The van der Waals surface area contributed by atoms with Crippen LogP contribution in [0.5, 0.6) is 0 Å². The fraction of sp³-hybridized carbons (Fsp3) is 0.342. The maximum absolute atomic E-state index is 12.9. The second kappa shape index (κ2) is 39.1. The molecular weight excluding hydrogens is 1060 g/mol. The Morgan fingerprint density at radius 3 is 1.02 bits per heavy atom. The molecule has 8 aromatic rings. The lowest BCUT2D eigenvalue weighted by molar-refractivity contribution is 0.494. The first-order chi connectivity index (χ1) is 38.4. The first kappa shape index (κ1) is 73.5. The van der Waals surface area contributed by atoms with E-state index in [-0.39, 0.29) is 41.0 Å². The molecule has 444 valence electrons. The Balaban J connectivity index is 0.000000469. The zero-order chi connectivity index (χ0) is 62.2. The minimum absolute atomic E-state index is 0.0331. The highest BCUT2D eigenvalue weighted by atomic mass is 35.5. The standard InChI is InChI=1S/C10H14.C9H11Cl.3C9H10F2.2C9H11F.C9H12/c1-8(2)10-6-4-5-9(3)7-10;1-7(2)8-4-3-5-9(10)6-8;1-6(2)7-3-8(10)5-9(11)4-7;1-6(2)8-5-7(10)3-4-9(8)11;1-6(2)7-4-3-5-8(10)9(7)11;1-7(2)8-3-5-9(10)6-4-8;1-7(2)8-4-3-5-9(10)6-8;1-8(2)9-6-4-3-5-7-9/h4-8H,1-3H3;3-7H,1-2H3;3*3-6H,1-2H3;2*3-7H,1-2H3;3-8H,1-2H3. The first-order valence-electron chi connectivity index (χ1n) is 28.2. The van der Waals surface area contributed by atoms with Crippen molar-refractivity contribution < 1.29 is 35.1 Å². The van der Waals surface area contributed by atoms with Crippen molar-refractivity contribution in [2.24, 2.45) is 0 Å². The molecule has 0 aliphatic heterocycles. The fourth-order valence-electron chi connectivity index (χ4n) is 7.28. The van der Waals surface area contributed by atoms with E-state index in [1.165, 1.54) is 70.3 Å². The van der Waals surface area contributed by atoms with Gasteiger partial charge in [0.15, 0.2) is 11.6 Å². The van der Waals surface area contributed by atoms with Crippen LogP contribution < -0.4 is 0 Å². The number of hydrogen-bond acceptors (Lipinski definition) is 0. The second-order valence-corrected chi connectivity index (χ2v) is 22.7. The van der Waals surface area contributed by atoms with E-state index in [9.17, 15) is 35.1 Å². The smallest absolute Gasteiger partial charge is 0.162 e. The lowest BCUT2D eigenvalue weighted by atomic mass is 10.0. The van der Waals surface area contributed by atoms with Gasteiger partial charge in [0.1, 0.15) is 34.9 Å². The minimum Gasteiger partial charge on any atom is -0.207 e. The van der Waals surface area contributed by atoms with Gasteiger partial charge >= 0.3 is 0 Å². The van der Waals surface area contributed by atoms with E-state index in [4.69, 9.17) is 11.6 Å². The molecule has 0 aliphatic rings. The summed E-state index contributed by atoms with van der Waals surface area (Å²) in [5, 5.41) is 0.825. The van der Waals surface area contributed by atoms with Crippen LogP contribution in [0.15, 0.2) is 182 Å². The van der Waals surface area contributed by atoms with Crippen LogP contribution >= 0.6 is 11.6 Å². The lowest BCUT2D eigenvalue weighted by Gasteiger charge is -2.05. The molecule has 8 rings (SSSR count). The molecule has 0 aromatic heterocycles. The average Bonchev–Trinajstić information content (AvgIpc) is 3.47. The van der Waals surface area contributed by atoms with Gasteiger partial charge in [-0.15, -0.1) is 0 Å². The summed E-state index contributed by atoms with van der Waals surface area (Å²) >= 11 is 5.79. The number of aryl methyl sites for hydroxylation is 1. The van der Waals surface area contributed by atoms with E-state index < -0.39 is 23.3 Å². The van der Waals surface area contributed by atoms with Crippen LogP contribution in [0.4, 0.5) is 35.1 Å². The molecule has 0 amide bonds. The van der Waals surface area contributed by atoms with Crippen LogP contribution in [-0.4, -0.2) is 0 Å². The monoisotopic (exact) mass is 1150 g/mol. The highest BCUT2D eigenvalue weighted by molar-refractivity contribution is 6.30. The molecule has 0 aliphatic carbocycles. The molecule has 0 fully saturated rings. The van der Waals surface area contributed by atoms with Crippen molar-refractivity contribution in [3.05, 3.63) is 284 Å². The first-order valence-corrected chi connectivity index (χ1v) is 28.5. The summed E-state index contributed by atoms with van der Waals surface area (Å²) in [6, 6.07) is 51.9. The van der Waals surface area contributed by atoms with Crippen LogP contribution in [0, 0.1) is 53.5 Å². The molecule has 0 saturated heterocycles. The molecule has 0 spiro atoms. The van der Waals surface area contributed by atoms with E-state index in [1.807, 2.05) is 84.0 Å². The zero-order valence-corrected chi connectivity index (χ0v) is 52.1. The van der Waals surface area contributed by atoms with Crippen molar-refractivity contribution in [3.8, 4) is 0 Å². The molecule has 0 N–H and O–H groups in total. The maximum Gasteiger partial charge on any atom is 0.162 e. The molecule has 0 nitrogen and oxygen atoms in total. The molecule has 8 aromatic carbocycles. The van der Waals surface area contributed by atoms with Crippen LogP contribution in [-0.2, 0) is 0 Å². The predicted molar refractivity (Wildman–Crippen MR) is 334 cm³/mol. The van der Waals surface area contributed by atoms with E-state index in [0.29, 0.717) is 46.3 Å². The van der Waals surface area contributed by atoms with Crippen molar-refractivity contribution in [3.63, 3.8) is 0 Å². The van der Waals surface area contributed by atoms with Gasteiger partial charge in [0, 0.05) is 11.1 Å². The Bertz CT molecular complexity index is 2850. The largest absolute Gasteiger partial charge is 0.207 e. The number of benzene rings is 8. The van der Waals surface area contributed by atoms with Crippen molar-refractivity contribution in [2.45, 2.75) is 165 Å². The summed E-state index contributed by atoms with van der Waals surface area (Å²) in [4.78, 5) is 0. The molecule has 0 unspecified atom stereocenters. The van der Waals surface area contributed by atoms with Crippen molar-refractivity contribution in [1.29, 1.82) is 0 Å². The molecular formula is C73H89ClF8. The van der Waals surface area contributed by atoms with Crippen LogP contribution in [0.1, 0.15) is 208 Å². The number of halogens is 9. The quantitative estimate of drug-likeness (QED) is 0.133. The Hall–Kier alpha value is -6.51. The average molecular weight is 1150 g/mol. The summed E-state index contributed by atoms with van der Waals surface area (Å²) in [5.74, 6) is -0.508. The third kappa shape index (κ3) is 30.5. The molecule has 0 atom stereocenters. The maximum atomic E-state index is 12.9. The van der Waals surface area contributed by atoms with Crippen LogP contribution in [0.2, 0.25) is 5.02 Å². The molecule has 0 heterocycles. The van der Waals surface area contributed by atoms with Gasteiger partial charge in [-0.3, -0.25) is 0 Å². The van der Waals surface area contributed by atoms with Gasteiger partial charge in [0.2, 0.25) is 0 Å². The van der Waals surface area contributed by atoms with E-state index >= 15 is 0 Å². The lowest BCUT2D eigenvalue weighted by Crippen LogP contribution is -1.95. The summed E-state index contributed by atoms with van der Waals surface area (Å²) < 4.78 is 101. The minimum atomic E-state index is -0.767. The van der Waals surface area contributed by atoms with Gasteiger partial charge < -0.3 is 0 Å². The molecule has 0 saturated carbocycles. The Morgan fingerprint density at radius 2 is 0.646 bits per heavy atom. The van der Waals surface area contributed by atoms with Gasteiger partial charge in [0.25, 0.3) is 0 Å². The normalized spacial score (nSPS) is 10.5. The summed E-state index contributed by atoms with van der Waals surface area (Å²) in [7, 11) is 0. The predicted octanol–water partition coefficient (Wildman–Crippen LogP) is 24.6. The third-order valence-corrected chi connectivity index (χ3v) is 12.7. The molecule has 9 heteroatoms. The van der Waals surface area contributed by atoms with Gasteiger partial charge in [-0.1, -0.05) is 231 Å². The Kier molecular flexibility index (Phi) is 35.0.